The maximum absolute atomic E-state index is 13.4. The van der Waals surface area contributed by atoms with Crippen molar-refractivity contribution in [2.24, 2.45) is 5.73 Å². The highest BCUT2D eigenvalue weighted by Crippen LogP contribution is 2.38. The minimum absolute atomic E-state index is 0.00789. The molecule has 1 aliphatic rings. The summed E-state index contributed by atoms with van der Waals surface area (Å²) in [5, 5.41) is 13.4. The van der Waals surface area contributed by atoms with Crippen LogP contribution in [0.4, 0.5) is 0 Å². The van der Waals surface area contributed by atoms with Crippen molar-refractivity contribution in [2.75, 3.05) is 7.05 Å². The Bertz CT molecular complexity index is 1390. The lowest BCUT2D eigenvalue weighted by atomic mass is 9.93. The summed E-state index contributed by atoms with van der Waals surface area (Å²) in [7, 11) is -2.45. The van der Waals surface area contributed by atoms with Crippen molar-refractivity contribution in [1.29, 1.82) is 0 Å². The van der Waals surface area contributed by atoms with Gasteiger partial charge in [0.1, 0.15) is 18.0 Å². The minimum Gasteiger partial charge on any atom is -0.480 e. The first-order valence-electron chi connectivity index (χ1n) is 10.7. The van der Waals surface area contributed by atoms with Crippen molar-refractivity contribution in [3.05, 3.63) is 70.5 Å². The number of hydrogen-bond acceptors (Lipinski definition) is 6. The van der Waals surface area contributed by atoms with E-state index in [9.17, 15) is 18.0 Å². The Balaban J connectivity index is 1.56. The number of aliphatic carboxylic acids is 1. The largest absolute Gasteiger partial charge is 0.480 e. The Morgan fingerprint density at radius 1 is 1.26 bits per heavy atom. The zero-order valence-electron chi connectivity index (χ0n) is 18.7. The van der Waals surface area contributed by atoms with Crippen LogP contribution in [0.1, 0.15) is 40.5 Å². The number of ether oxygens (including phenoxy) is 1. The van der Waals surface area contributed by atoms with Crippen LogP contribution in [0.25, 0.3) is 0 Å². The molecule has 10 nitrogen and oxygen atoms in total. The van der Waals surface area contributed by atoms with Crippen molar-refractivity contribution in [3.8, 4) is 11.5 Å². The molecule has 0 saturated heterocycles. The number of nitrogens with two attached hydrogens (primary N) is 1. The molecule has 3 aromatic rings. The number of halogens is 1. The van der Waals surface area contributed by atoms with Crippen molar-refractivity contribution in [2.45, 2.75) is 36.7 Å². The zero-order valence-corrected chi connectivity index (χ0v) is 20.3. The molecule has 3 N–H and O–H groups in total. The number of carbonyl (C=O) groups is 2. The van der Waals surface area contributed by atoms with Gasteiger partial charge in [-0.15, -0.1) is 0 Å². The summed E-state index contributed by atoms with van der Waals surface area (Å²) in [4.78, 5) is 22.3. The quantitative estimate of drug-likeness (QED) is 0.465. The Kier molecular flexibility index (Phi) is 6.84. The van der Waals surface area contributed by atoms with Gasteiger partial charge in [0.05, 0.1) is 22.2 Å². The van der Waals surface area contributed by atoms with Gasteiger partial charge in [-0.2, -0.15) is 9.40 Å². The van der Waals surface area contributed by atoms with E-state index in [2.05, 4.69) is 5.10 Å². The van der Waals surface area contributed by atoms with Crippen LogP contribution in [-0.2, 0) is 27.8 Å². The Morgan fingerprint density at radius 3 is 2.60 bits per heavy atom. The molecule has 1 unspecified atom stereocenters. The topological polar surface area (TPSA) is 145 Å². The molecular formula is C23H23ClN4O6S. The molecule has 1 amide bonds. The molecule has 0 fully saturated rings. The average Bonchev–Trinajstić information content (AvgIpc) is 3.22. The molecule has 0 saturated carbocycles. The Hall–Kier alpha value is -3.41. The second-order valence-corrected chi connectivity index (χ2v) is 10.5. The monoisotopic (exact) mass is 518 g/mol. The van der Waals surface area contributed by atoms with Gasteiger partial charge in [0.25, 0.3) is 0 Å². The van der Waals surface area contributed by atoms with Gasteiger partial charge in [0.15, 0.2) is 0 Å². The molecule has 184 valence electrons. The second kappa shape index (κ2) is 9.68. The number of rotatable bonds is 8. The van der Waals surface area contributed by atoms with Crippen LogP contribution < -0.4 is 10.5 Å². The maximum Gasteiger partial charge on any atom is 0.325 e. The average molecular weight is 519 g/mol. The molecule has 35 heavy (non-hydrogen) atoms. The van der Waals surface area contributed by atoms with E-state index in [0.29, 0.717) is 36.1 Å². The minimum atomic E-state index is -3.93. The molecule has 1 aromatic heterocycles. The summed E-state index contributed by atoms with van der Waals surface area (Å²) in [6.45, 7) is -0.277. The van der Waals surface area contributed by atoms with Crippen LogP contribution in [0.15, 0.2) is 53.6 Å². The predicted octanol–water partition coefficient (Wildman–Crippen LogP) is 3.21. The predicted molar refractivity (Wildman–Crippen MR) is 127 cm³/mol. The molecule has 0 radical (unpaired) electrons. The lowest BCUT2D eigenvalue weighted by molar-refractivity contribution is -0.137. The molecule has 12 heteroatoms. The van der Waals surface area contributed by atoms with Gasteiger partial charge < -0.3 is 15.6 Å². The van der Waals surface area contributed by atoms with Crippen molar-refractivity contribution in [3.63, 3.8) is 0 Å². The number of nitrogens with zero attached hydrogens (tertiary/aromatic N) is 3. The molecule has 4 rings (SSSR count). The fraction of sp³-hybridized carbons (Fsp3) is 0.261. The summed E-state index contributed by atoms with van der Waals surface area (Å²) in [6, 6.07) is 9.83. The highest BCUT2D eigenvalue weighted by atomic mass is 35.5. The first kappa shape index (κ1) is 24.7. The van der Waals surface area contributed by atoms with Crippen LogP contribution in [-0.4, -0.2) is 46.5 Å². The molecule has 1 atom stereocenters. The van der Waals surface area contributed by atoms with E-state index < -0.39 is 27.9 Å². The zero-order chi connectivity index (χ0) is 25.3. The Morgan fingerprint density at radius 2 is 1.97 bits per heavy atom. The molecule has 0 spiro atoms. The van der Waals surface area contributed by atoms with Gasteiger partial charge in [0.2, 0.25) is 15.9 Å². The lowest BCUT2D eigenvalue weighted by Crippen LogP contribution is -2.33. The highest BCUT2D eigenvalue weighted by molar-refractivity contribution is 7.89. The van der Waals surface area contributed by atoms with Crippen LogP contribution in [0.3, 0.4) is 0 Å². The number of sulfonamides is 1. The van der Waals surface area contributed by atoms with Gasteiger partial charge in [0, 0.05) is 23.9 Å². The van der Waals surface area contributed by atoms with Gasteiger partial charge in [-0.25, -0.2) is 8.42 Å². The van der Waals surface area contributed by atoms with Gasteiger partial charge >= 0.3 is 5.97 Å². The summed E-state index contributed by atoms with van der Waals surface area (Å²) in [5.41, 5.74) is 6.99. The molecule has 2 aromatic carbocycles. The fourth-order valence-corrected chi connectivity index (χ4v) is 5.79. The molecular weight excluding hydrogens is 496 g/mol. The van der Waals surface area contributed by atoms with Crippen LogP contribution in [0.2, 0.25) is 5.02 Å². The molecule has 0 bridgehead atoms. The normalized spacial score (nSPS) is 15.6. The number of carboxylic acid groups (broad SMARTS) is 1. The van der Waals surface area contributed by atoms with Crippen LogP contribution in [0, 0.1) is 0 Å². The number of primary amides is 1. The summed E-state index contributed by atoms with van der Waals surface area (Å²) in [6.07, 6.45) is 3.45. The van der Waals surface area contributed by atoms with Crippen molar-refractivity contribution in [1.82, 2.24) is 14.1 Å². The number of fused-ring (bicyclic) bond motifs is 1. The summed E-state index contributed by atoms with van der Waals surface area (Å²) in [5.74, 6) is -0.930. The SMILES string of the molecule is CN(C1CCCc2c1cnn2CC(=O)O)S(=O)(=O)c1ccc(Oc2ccc(C(N)=O)cc2)c(Cl)c1. The van der Waals surface area contributed by atoms with Gasteiger partial charge in [-0.1, -0.05) is 11.6 Å². The molecule has 1 aliphatic carbocycles. The maximum atomic E-state index is 13.4. The molecule has 1 heterocycles. The van der Waals surface area contributed by atoms with E-state index in [1.165, 1.54) is 46.4 Å². The van der Waals surface area contributed by atoms with Crippen LogP contribution >= 0.6 is 11.6 Å². The third-order valence-corrected chi connectivity index (χ3v) is 8.06. The summed E-state index contributed by atoms with van der Waals surface area (Å²) < 4.78 is 35.2. The van der Waals surface area contributed by atoms with E-state index in [1.807, 2.05) is 0 Å². The smallest absolute Gasteiger partial charge is 0.325 e. The first-order valence-corrected chi connectivity index (χ1v) is 12.5. The van der Waals surface area contributed by atoms with E-state index in [4.69, 9.17) is 27.2 Å². The number of benzene rings is 2. The first-order chi connectivity index (χ1) is 16.6. The third-order valence-electron chi connectivity index (χ3n) is 5.90. The third kappa shape index (κ3) is 5.02. The van der Waals surface area contributed by atoms with E-state index >= 15 is 0 Å². The number of carboxylic acids is 1. The van der Waals surface area contributed by atoms with Crippen molar-refractivity contribution >= 4 is 33.5 Å². The van der Waals surface area contributed by atoms with Crippen LogP contribution in [0.5, 0.6) is 11.5 Å². The van der Waals surface area contributed by atoms with Gasteiger partial charge in [-0.05, 0) is 61.7 Å². The van der Waals surface area contributed by atoms with E-state index in [1.54, 1.807) is 18.3 Å². The summed E-state index contributed by atoms with van der Waals surface area (Å²) >= 11 is 6.34. The number of amides is 1. The highest BCUT2D eigenvalue weighted by Gasteiger charge is 2.34. The number of carbonyl (C=O) groups excluding carboxylic acids is 1. The second-order valence-electron chi connectivity index (χ2n) is 8.11. The number of aromatic nitrogens is 2. The standard InChI is InChI=1S/C23H23ClN4O6S/c1-27(19-3-2-4-20-17(19)12-26-28(20)13-22(29)30)35(32,33)16-9-10-21(18(24)11-16)34-15-7-5-14(6-8-15)23(25)31/h5-12,19H,2-4,13H2,1H3,(H2,25,31)(H,29,30). The van der Waals surface area contributed by atoms with E-state index in [-0.39, 0.29) is 22.2 Å². The van der Waals surface area contributed by atoms with Crippen molar-refractivity contribution < 1.29 is 27.9 Å². The Labute approximate surface area is 206 Å². The van der Waals surface area contributed by atoms with Gasteiger partial charge in [-0.3, -0.25) is 14.3 Å². The fourth-order valence-electron chi connectivity index (χ4n) is 4.11. The molecule has 0 aliphatic heterocycles. The lowest BCUT2D eigenvalue weighted by Gasteiger charge is -2.31. The number of hydrogen-bond donors (Lipinski definition) is 2. The van der Waals surface area contributed by atoms with E-state index in [0.717, 1.165) is 5.69 Å².